The van der Waals surface area contributed by atoms with Crippen LogP contribution >= 0.6 is 11.8 Å². The first-order valence-electron chi connectivity index (χ1n) is 11.8. The number of thioether (sulfide) groups is 1. The van der Waals surface area contributed by atoms with Crippen LogP contribution < -0.4 is 0 Å². The van der Waals surface area contributed by atoms with Crippen LogP contribution in [-0.4, -0.2) is 102 Å². The monoisotopic (exact) mass is 448 g/mol. The van der Waals surface area contributed by atoms with E-state index < -0.39 is 0 Å². The molecule has 31 heavy (non-hydrogen) atoms. The summed E-state index contributed by atoms with van der Waals surface area (Å²) >= 11 is 1.78. The molecule has 0 spiro atoms. The third-order valence-electron chi connectivity index (χ3n) is 7.20. The quantitative estimate of drug-likeness (QED) is 0.691. The Morgan fingerprint density at radius 3 is 2.29 bits per heavy atom. The van der Waals surface area contributed by atoms with E-state index in [-0.39, 0.29) is 11.9 Å². The van der Waals surface area contributed by atoms with Gasteiger partial charge in [0.2, 0.25) is 5.91 Å². The number of rotatable bonds is 5. The number of piperidine rings is 1. The molecule has 3 saturated heterocycles. The predicted octanol–water partition coefficient (Wildman–Crippen LogP) is 3.01. The maximum Gasteiger partial charge on any atom is 0.240 e. The lowest BCUT2D eigenvalue weighted by molar-refractivity contribution is -0.138. The number of halogens is 1. The molecule has 3 heterocycles. The molecule has 0 radical (unpaired) electrons. The van der Waals surface area contributed by atoms with Crippen LogP contribution in [-0.2, 0) is 4.79 Å². The van der Waals surface area contributed by atoms with Crippen LogP contribution in [0.1, 0.15) is 33.1 Å². The molecule has 7 heteroatoms. The van der Waals surface area contributed by atoms with Gasteiger partial charge in [-0.25, -0.2) is 4.39 Å². The number of hydrogen-bond acceptors (Lipinski definition) is 5. The van der Waals surface area contributed by atoms with E-state index in [9.17, 15) is 9.18 Å². The highest BCUT2D eigenvalue weighted by molar-refractivity contribution is 8.00. The van der Waals surface area contributed by atoms with E-state index in [1.165, 1.54) is 38.1 Å². The molecule has 1 amide bonds. The molecule has 172 valence electrons. The van der Waals surface area contributed by atoms with Gasteiger partial charge in [0.1, 0.15) is 5.82 Å². The van der Waals surface area contributed by atoms with Crippen molar-refractivity contribution in [2.24, 2.45) is 0 Å². The number of hydrogen-bond donors (Lipinski definition) is 0. The fourth-order valence-corrected chi connectivity index (χ4v) is 6.51. The summed E-state index contributed by atoms with van der Waals surface area (Å²) in [7, 11) is 2.20. The van der Waals surface area contributed by atoms with Crippen molar-refractivity contribution in [3.05, 3.63) is 30.1 Å². The van der Waals surface area contributed by atoms with Crippen LogP contribution in [0.2, 0.25) is 0 Å². The number of amides is 1. The Morgan fingerprint density at radius 2 is 1.68 bits per heavy atom. The van der Waals surface area contributed by atoms with Crippen molar-refractivity contribution in [1.82, 2.24) is 19.6 Å². The summed E-state index contributed by atoms with van der Waals surface area (Å²) in [6.07, 6.45) is 3.36. The second-order valence-corrected chi connectivity index (χ2v) is 11.0. The van der Waals surface area contributed by atoms with Crippen LogP contribution in [0.5, 0.6) is 0 Å². The smallest absolute Gasteiger partial charge is 0.240 e. The molecule has 5 nitrogen and oxygen atoms in total. The summed E-state index contributed by atoms with van der Waals surface area (Å²) in [4.78, 5) is 24.1. The van der Waals surface area contributed by atoms with Crippen molar-refractivity contribution < 1.29 is 9.18 Å². The molecule has 2 atom stereocenters. The van der Waals surface area contributed by atoms with Gasteiger partial charge in [-0.3, -0.25) is 14.6 Å². The van der Waals surface area contributed by atoms with Crippen LogP contribution in [0.4, 0.5) is 4.39 Å². The molecule has 0 aliphatic carbocycles. The molecule has 0 aromatic heterocycles. The molecule has 0 unspecified atom stereocenters. The highest BCUT2D eigenvalue weighted by atomic mass is 32.2. The zero-order valence-electron chi connectivity index (χ0n) is 19.2. The molecule has 4 rings (SSSR count). The van der Waals surface area contributed by atoms with Gasteiger partial charge in [-0.1, -0.05) is 0 Å². The Kier molecular flexibility index (Phi) is 7.57. The second-order valence-electron chi connectivity index (χ2n) is 9.63. The Bertz CT molecular complexity index is 730. The molecule has 0 N–H and O–H groups in total. The third kappa shape index (κ3) is 5.62. The minimum absolute atomic E-state index is 0.0344. The lowest BCUT2D eigenvalue weighted by atomic mass is 10.0. The van der Waals surface area contributed by atoms with Crippen molar-refractivity contribution in [1.29, 1.82) is 0 Å². The average Bonchev–Trinajstić information content (AvgIpc) is 3.20. The first kappa shape index (κ1) is 23.0. The molecule has 0 saturated carbocycles. The minimum atomic E-state index is -0.202. The molecule has 1 aromatic carbocycles. The largest absolute Gasteiger partial charge is 0.339 e. The maximum absolute atomic E-state index is 13.5. The van der Waals surface area contributed by atoms with Gasteiger partial charge < -0.3 is 9.80 Å². The van der Waals surface area contributed by atoms with Crippen molar-refractivity contribution in [2.45, 2.75) is 61.4 Å². The van der Waals surface area contributed by atoms with E-state index in [1.54, 1.807) is 11.8 Å². The fourth-order valence-electron chi connectivity index (χ4n) is 5.30. The van der Waals surface area contributed by atoms with Crippen LogP contribution in [0.15, 0.2) is 29.2 Å². The Hall–Kier alpha value is -1.15. The zero-order chi connectivity index (χ0) is 22.0. The number of piperazine rings is 1. The van der Waals surface area contributed by atoms with Crippen LogP contribution in [0.25, 0.3) is 0 Å². The molecule has 3 fully saturated rings. The predicted molar refractivity (Wildman–Crippen MR) is 125 cm³/mol. The SMILES string of the molecule is CC(C)N1C[C@H](Sc2ccc(F)cc2)C[C@H]1C(=O)N1CCN(C2CCN(C)CC2)CC1. The highest BCUT2D eigenvalue weighted by Crippen LogP contribution is 2.35. The number of nitrogens with zero attached hydrogens (tertiary/aromatic N) is 4. The zero-order valence-corrected chi connectivity index (χ0v) is 20.0. The van der Waals surface area contributed by atoms with Crippen LogP contribution in [0.3, 0.4) is 0 Å². The van der Waals surface area contributed by atoms with Gasteiger partial charge in [-0.05, 0) is 77.5 Å². The molecule has 3 aliphatic rings. The number of carbonyl (C=O) groups excluding carboxylic acids is 1. The maximum atomic E-state index is 13.5. The van der Waals surface area contributed by atoms with E-state index in [1.807, 2.05) is 12.1 Å². The first-order chi connectivity index (χ1) is 14.9. The number of benzene rings is 1. The van der Waals surface area contributed by atoms with E-state index >= 15 is 0 Å². The molecule has 1 aromatic rings. The summed E-state index contributed by atoms with van der Waals surface area (Å²) in [5.41, 5.74) is 0. The lowest BCUT2D eigenvalue weighted by Gasteiger charge is -2.43. The highest BCUT2D eigenvalue weighted by Gasteiger charge is 2.41. The van der Waals surface area contributed by atoms with E-state index in [0.29, 0.717) is 23.2 Å². The summed E-state index contributed by atoms with van der Waals surface area (Å²) < 4.78 is 13.2. The van der Waals surface area contributed by atoms with E-state index in [4.69, 9.17) is 0 Å². The van der Waals surface area contributed by atoms with E-state index in [0.717, 1.165) is 44.0 Å². The number of likely N-dealkylation sites (tertiary alicyclic amines) is 2. The fraction of sp³-hybridized carbons (Fsp3) is 0.708. The Labute approximate surface area is 190 Å². The van der Waals surface area contributed by atoms with Gasteiger partial charge in [0, 0.05) is 55.0 Å². The van der Waals surface area contributed by atoms with Crippen molar-refractivity contribution in [3.8, 4) is 0 Å². The second kappa shape index (κ2) is 10.2. The van der Waals surface area contributed by atoms with Gasteiger partial charge in [-0.2, -0.15) is 0 Å². The molecule has 3 aliphatic heterocycles. The van der Waals surface area contributed by atoms with Gasteiger partial charge >= 0.3 is 0 Å². The van der Waals surface area contributed by atoms with Gasteiger partial charge in [0.05, 0.1) is 6.04 Å². The van der Waals surface area contributed by atoms with Gasteiger partial charge in [-0.15, -0.1) is 11.8 Å². The van der Waals surface area contributed by atoms with Crippen LogP contribution in [0, 0.1) is 5.82 Å². The standard InChI is InChI=1S/C24H37FN4OS/c1-18(2)29-17-22(31-21-6-4-19(25)5-7-21)16-23(29)24(30)28-14-12-27(13-15-28)20-8-10-26(3)11-9-20/h4-7,18,20,22-23H,8-17H2,1-3H3/t22-,23+/m1/s1. The summed E-state index contributed by atoms with van der Waals surface area (Å²) in [5, 5.41) is 0.363. The summed E-state index contributed by atoms with van der Waals surface area (Å²) in [6.45, 7) is 11.3. The number of carbonyl (C=O) groups is 1. The topological polar surface area (TPSA) is 30.0 Å². The first-order valence-corrected chi connectivity index (χ1v) is 12.7. The van der Waals surface area contributed by atoms with Crippen molar-refractivity contribution >= 4 is 17.7 Å². The van der Waals surface area contributed by atoms with Gasteiger partial charge in [0.25, 0.3) is 0 Å². The van der Waals surface area contributed by atoms with Gasteiger partial charge in [0.15, 0.2) is 0 Å². The minimum Gasteiger partial charge on any atom is -0.339 e. The molecule has 0 bridgehead atoms. The Balaban J connectivity index is 1.33. The van der Waals surface area contributed by atoms with Crippen molar-refractivity contribution in [3.63, 3.8) is 0 Å². The molecular weight excluding hydrogens is 411 g/mol. The summed E-state index contributed by atoms with van der Waals surface area (Å²) in [5.74, 6) is 0.103. The Morgan fingerprint density at radius 1 is 1.03 bits per heavy atom. The normalized spacial score (nSPS) is 27.3. The third-order valence-corrected chi connectivity index (χ3v) is 8.42. The van der Waals surface area contributed by atoms with Crippen molar-refractivity contribution in [2.75, 3.05) is 52.9 Å². The van der Waals surface area contributed by atoms with E-state index in [2.05, 4.69) is 40.5 Å². The summed E-state index contributed by atoms with van der Waals surface area (Å²) in [6, 6.07) is 7.71. The molecular formula is C24H37FN4OS. The average molecular weight is 449 g/mol. The lowest BCUT2D eigenvalue weighted by Crippen LogP contribution is -2.57.